The lowest BCUT2D eigenvalue weighted by molar-refractivity contribution is -0.141. The molecule has 2 aromatic rings. The monoisotopic (exact) mass is 322 g/mol. The Kier molecular flexibility index (Phi) is 3.94. The van der Waals surface area contributed by atoms with Crippen LogP contribution in [0.1, 0.15) is 13.8 Å². The summed E-state index contributed by atoms with van der Waals surface area (Å²) in [5.41, 5.74) is 0. The maximum Gasteiger partial charge on any atom is 0.297 e. The van der Waals surface area contributed by atoms with E-state index in [1.807, 2.05) is 24.3 Å². The van der Waals surface area contributed by atoms with Gasteiger partial charge in [-0.2, -0.15) is 8.42 Å². The van der Waals surface area contributed by atoms with Crippen LogP contribution < -0.4 is 0 Å². The minimum atomic E-state index is -3.81. The fraction of sp³-hybridized carbons (Fsp3) is 0.375. The Bertz CT molecular complexity index is 782. The molecule has 118 valence electrons. The zero-order valence-corrected chi connectivity index (χ0v) is 13.3. The van der Waals surface area contributed by atoms with Crippen LogP contribution in [0.15, 0.2) is 47.4 Å². The van der Waals surface area contributed by atoms with Gasteiger partial charge in [0.15, 0.2) is 5.79 Å². The first-order valence-electron chi connectivity index (χ1n) is 7.06. The Morgan fingerprint density at radius 1 is 1.18 bits per heavy atom. The summed E-state index contributed by atoms with van der Waals surface area (Å²) in [5, 5.41) is 1.84. The Labute approximate surface area is 129 Å². The normalized spacial score (nSPS) is 21.3. The molecule has 1 saturated heterocycles. The minimum absolute atomic E-state index is 0.0570. The molecule has 0 spiro atoms. The molecule has 1 atom stereocenters. The second-order valence-electron chi connectivity index (χ2n) is 5.70. The molecular formula is C16H18O5S. The molecule has 1 aliphatic rings. The van der Waals surface area contributed by atoms with E-state index in [9.17, 15) is 8.42 Å². The molecule has 0 aromatic heterocycles. The van der Waals surface area contributed by atoms with Gasteiger partial charge in [-0.05, 0) is 36.8 Å². The van der Waals surface area contributed by atoms with Crippen LogP contribution in [-0.2, 0) is 23.8 Å². The summed E-state index contributed by atoms with van der Waals surface area (Å²) in [7, 11) is -3.81. The van der Waals surface area contributed by atoms with E-state index in [4.69, 9.17) is 13.7 Å². The van der Waals surface area contributed by atoms with Crippen molar-refractivity contribution >= 4 is 20.9 Å². The van der Waals surface area contributed by atoms with Gasteiger partial charge in [-0.3, -0.25) is 4.18 Å². The molecule has 0 amide bonds. The van der Waals surface area contributed by atoms with Gasteiger partial charge in [0.25, 0.3) is 10.1 Å². The van der Waals surface area contributed by atoms with Crippen molar-refractivity contribution in [3.63, 3.8) is 0 Å². The zero-order valence-electron chi connectivity index (χ0n) is 12.5. The molecule has 1 aliphatic heterocycles. The average molecular weight is 322 g/mol. The molecule has 5 nitrogen and oxygen atoms in total. The van der Waals surface area contributed by atoms with Gasteiger partial charge in [0.1, 0.15) is 6.10 Å². The van der Waals surface area contributed by atoms with Crippen molar-refractivity contribution < 1.29 is 22.1 Å². The highest BCUT2D eigenvalue weighted by Gasteiger charge is 2.33. The summed E-state index contributed by atoms with van der Waals surface area (Å²) in [6.45, 7) is 3.83. The van der Waals surface area contributed by atoms with E-state index in [0.717, 1.165) is 10.8 Å². The maximum atomic E-state index is 12.3. The molecule has 0 bridgehead atoms. The van der Waals surface area contributed by atoms with Crippen molar-refractivity contribution in [3.8, 4) is 0 Å². The van der Waals surface area contributed by atoms with Crippen molar-refractivity contribution in [2.24, 2.45) is 0 Å². The van der Waals surface area contributed by atoms with E-state index in [0.29, 0.717) is 6.61 Å². The van der Waals surface area contributed by atoms with Crippen LogP contribution in [-0.4, -0.2) is 33.5 Å². The van der Waals surface area contributed by atoms with Gasteiger partial charge in [-0.25, -0.2) is 0 Å². The molecule has 0 aliphatic carbocycles. The average Bonchev–Trinajstić information content (AvgIpc) is 2.84. The quantitative estimate of drug-likeness (QED) is 0.810. The van der Waals surface area contributed by atoms with Crippen molar-refractivity contribution in [2.75, 3.05) is 13.2 Å². The number of ether oxygens (including phenoxy) is 2. The van der Waals surface area contributed by atoms with Crippen LogP contribution in [0.4, 0.5) is 0 Å². The lowest BCUT2D eigenvalue weighted by Gasteiger charge is -2.17. The van der Waals surface area contributed by atoms with E-state index >= 15 is 0 Å². The summed E-state index contributed by atoms with van der Waals surface area (Å²) < 4.78 is 40.6. The fourth-order valence-corrected chi connectivity index (χ4v) is 3.37. The third-order valence-electron chi connectivity index (χ3n) is 3.49. The minimum Gasteiger partial charge on any atom is -0.348 e. The van der Waals surface area contributed by atoms with Gasteiger partial charge in [-0.1, -0.05) is 30.3 Å². The summed E-state index contributed by atoms with van der Waals surface area (Å²) in [6.07, 6.45) is -0.384. The lowest BCUT2D eigenvalue weighted by Crippen LogP contribution is -2.25. The molecule has 0 radical (unpaired) electrons. The van der Waals surface area contributed by atoms with Crippen LogP contribution in [0.5, 0.6) is 0 Å². The van der Waals surface area contributed by atoms with Crippen LogP contribution in [0.25, 0.3) is 10.8 Å². The van der Waals surface area contributed by atoms with Crippen molar-refractivity contribution in [1.82, 2.24) is 0 Å². The number of rotatable bonds is 4. The largest absolute Gasteiger partial charge is 0.348 e. The van der Waals surface area contributed by atoms with Gasteiger partial charge in [-0.15, -0.1) is 0 Å². The summed E-state index contributed by atoms with van der Waals surface area (Å²) in [5.74, 6) is -0.694. The maximum absolute atomic E-state index is 12.3. The molecule has 0 unspecified atom stereocenters. The number of benzene rings is 2. The van der Waals surface area contributed by atoms with E-state index in [-0.39, 0.29) is 17.6 Å². The number of hydrogen-bond acceptors (Lipinski definition) is 5. The highest BCUT2D eigenvalue weighted by molar-refractivity contribution is 7.86. The van der Waals surface area contributed by atoms with E-state index in [1.165, 1.54) is 0 Å². The van der Waals surface area contributed by atoms with E-state index < -0.39 is 15.9 Å². The van der Waals surface area contributed by atoms with Gasteiger partial charge in [0, 0.05) is 0 Å². The molecule has 1 heterocycles. The van der Waals surface area contributed by atoms with Crippen LogP contribution in [0.3, 0.4) is 0 Å². The highest BCUT2D eigenvalue weighted by Crippen LogP contribution is 2.24. The third-order valence-corrected chi connectivity index (χ3v) is 4.76. The Morgan fingerprint density at radius 2 is 1.91 bits per heavy atom. The molecule has 0 N–H and O–H groups in total. The standard InChI is InChI=1S/C16H18O5S/c1-16(2)19-10-14(21-16)11-20-22(17,18)15-8-7-12-5-3-4-6-13(12)9-15/h3-9,14H,10-11H2,1-2H3/t14-/m1/s1. The second kappa shape index (κ2) is 5.62. The van der Waals surface area contributed by atoms with Gasteiger partial charge >= 0.3 is 0 Å². The molecule has 2 aromatic carbocycles. The third kappa shape index (κ3) is 3.30. The van der Waals surface area contributed by atoms with Crippen molar-refractivity contribution in [3.05, 3.63) is 42.5 Å². The van der Waals surface area contributed by atoms with Gasteiger partial charge < -0.3 is 9.47 Å². The molecule has 1 fully saturated rings. The Balaban J connectivity index is 1.74. The smallest absolute Gasteiger partial charge is 0.297 e. The van der Waals surface area contributed by atoms with E-state index in [1.54, 1.807) is 32.0 Å². The topological polar surface area (TPSA) is 61.8 Å². The molecule has 22 heavy (non-hydrogen) atoms. The molecule has 0 saturated carbocycles. The predicted octanol–water partition coefficient (Wildman–Crippen LogP) is 2.70. The second-order valence-corrected chi connectivity index (χ2v) is 7.31. The first kappa shape index (κ1) is 15.4. The summed E-state index contributed by atoms with van der Waals surface area (Å²) in [4.78, 5) is 0.143. The van der Waals surface area contributed by atoms with Crippen LogP contribution in [0.2, 0.25) is 0 Å². The van der Waals surface area contributed by atoms with Gasteiger partial charge in [0.05, 0.1) is 18.1 Å². The Hall–Kier alpha value is -1.47. The van der Waals surface area contributed by atoms with Crippen molar-refractivity contribution in [2.45, 2.75) is 30.6 Å². The highest BCUT2D eigenvalue weighted by atomic mass is 32.2. The molecular weight excluding hydrogens is 304 g/mol. The van der Waals surface area contributed by atoms with Crippen molar-refractivity contribution in [1.29, 1.82) is 0 Å². The first-order chi connectivity index (χ1) is 10.4. The number of fused-ring (bicyclic) bond motifs is 1. The SMILES string of the molecule is CC1(C)OC[C@H](COS(=O)(=O)c2ccc3ccccc3c2)O1. The zero-order chi connectivity index (χ0) is 15.8. The van der Waals surface area contributed by atoms with Crippen LogP contribution in [0, 0.1) is 0 Å². The molecule has 6 heteroatoms. The first-order valence-corrected chi connectivity index (χ1v) is 8.47. The summed E-state index contributed by atoms with van der Waals surface area (Å²) >= 11 is 0. The molecule has 3 rings (SSSR count). The Morgan fingerprint density at radius 3 is 2.59 bits per heavy atom. The van der Waals surface area contributed by atoms with E-state index in [2.05, 4.69) is 0 Å². The number of hydrogen-bond donors (Lipinski definition) is 0. The van der Waals surface area contributed by atoms with Crippen LogP contribution >= 0.6 is 0 Å². The lowest BCUT2D eigenvalue weighted by atomic mass is 10.1. The summed E-state index contributed by atoms with van der Waals surface area (Å²) in [6, 6.07) is 12.5. The fourth-order valence-electron chi connectivity index (χ4n) is 2.40. The van der Waals surface area contributed by atoms with Gasteiger partial charge in [0.2, 0.25) is 0 Å². The predicted molar refractivity (Wildman–Crippen MR) is 82.0 cm³/mol.